The van der Waals surface area contributed by atoms with Crippen molar-refractivity contribution in [1.82, 2.24) is 4.57 Å². The molecule has 2 aliphatic rings. The molecule has 2 aliphatic heterocycles. The molecule has 0 fully saturated rings. The summed E-state index contributed by atoms with van der Waals surface area (Å²) in [4.78, 5) is 30.3. The van der Waals surface area contributed by atoms with Gasteiger partial charge in [-0.15, -0.1) is 0 Å². The van der Waals surface area contributed by atoms with Crippen LogP contribution >= 0.6 is 11.3 Å². The van der Waals surface area contributed by atoms with Crippen LogP contribution in [0.15, 0.2) is 57.5 Å². The molecule has 0 bridgehead atoms. The highest BCUT2D eigenvalue weighted by Crippen LogP contribution is 2.34. The lowest BCUT2D eigenvalue weighted by Crippen LogP contribution is -2.39. The minimum atomic E-state index is -1.14. The van der Waals surface area contributed by atoms with Gasteiger partial charge in [-0.3, -0.25) is 9.36 Å². The number of thiazole rings is 1. The number of phenols is 2. The summed E-state index contributed by atoms with van der Waals surface area (Å²) in [5.74, 6) is -1.00. The summed E-state index contributed by atoms with van der Waals surface area (Å²) >= 11 is 1.13. The van der Waals surface area contributed by atoms with Gasteiger partial charge in [0.15, 0.2) is 16.3 Å². The van der Waals surface area contributed by atoms with Gasteiger partial charge in [0.25, 0.3) is 5.56 Å². The normalized spacial score (nSPS) is 17.5. The number of carboxylic acid groups (broad SMARTS) is 1. The summed E-state index contributed by atoms with van der Waals surface area (Å²) in [6.07, 6.45) is 2.37. The lowest BCUT2D eigenvalue weighted by molar-refractivity contribution is -0.133. The number of ether oxygens (including phenoxy) is 1. The number of aromatic nitrogens is 1. The third-order valence-electron chi connectivity index (χ3n) is 5.59. The largest absolute Gasteiger partial charge is 0.504 e. The van der Waals surface area contributed by atoms with Crippen LogP contribution in [-0.4, -0.2) is 32.5 Å². The predicted molar refractivity (Wildman–Crippen MR) is 117 cm³/mol. The van der Waals surface area contributed by atoms with Gasteiger partial charge in [-0.05, 0) is 47.9 Å². The molecule has 1 aromatic heterocycles. The van der Waals surface area contributed by atoms with E-state index in [4.69, 9.17) is 4.74 Å². The smallest absolute Gasteiger partial charge is 0.335 e. The molecular formula is C23H18N2O6S. The highest BCUT2D eigenvalue weighted by molar-refractivity contribution is 7.07. The van der Waals surface area contributed by atoms with Crippen molar-refractivity contribution in [2.75, 3.05) is 6.61 Å². The maximum absolute atomic E-state index is 13.4. The molecule has 0 amide bonds. The molecule has 0 saturated carbocycles. The Morgan fingerprint density at radius 3 is 2.78 bits per heavy atom. The predicted octanol–water partition coefficient (Wildman–Crippen LogP) is 1.67. The number of hydrogen-bond acceptors (Lipinski definition) is 7. The summed E-state index contributed by atoms with van der Waals surface area (Å²) in [6, 6.07) is 8.92. The SMILES string of the molecule is CC1=C(C(=O)O)C(c2ccc3c(c2)OCC3)n2c(s/c(=C\c3ccc(O)c(O)c3)c2=O)=N1. The standard InChI is InChI=1S/C23H18N2O6S/c1-11-19(22(29)30)20(14-4-3-13-6-7-31-17(13)10-14)25-21(28)18(32-23(25)24-11)9-12-2-5-15(26)16(27)8-12/h2-5,8-10,20,26-27H,6-7H2,1H3,(H,29,30)/b18-9-. The van der Waals surface area contributed by atoms with Gasteiger partial charge in [-0.1, -0.05) is 29.5 Å². The van der Waals surface area contributed by atoms with Crippen molar-refractivity contribution in [3.8, 4) is 17.2 Å². The Morgan fingerprint density at radius 2 is 2.03 bits per heavy atom. The molecule has 5 rings (SSSR count). The number of carboxylic acids is 1. The minimum Gasteiger partial charge on any atom is -0.504 e. The third kappa shape index (κ3) is 3.18. The monoisotopic (exact) mass is 450 g/mol. The van der Waals surface area contributed by atoms with Crippen molar-refractivity contribution in [1.29, 1.82) is 0 Å². The number of rotatable bonds is 3. The zero-order valence-corrected chi connectivity index (χ0v) is 17.7. The van der Waals surface area contributed by atoms with Crippen LogP contribution in [0, 0.1) is 0 Å². The molecule has 0 spiro atoms. The molecule has 0 saturated heterocycles. The quantitative estimate of drug-likeness (QED) is 0.522. The Hall–Kier alpha value is -3.85. The fourth-order valence-electron chi connectivity index (χ4n) is 4.05. The van der Waals surface area contributed by atoms with Crippen LogP contribution in [0.2, 0.25) is 0 Å². The Morgan fingerprint density at radius 1 is 1.22 bits per heavy atom. The fraction of sp³-hybridized carbons (Fsp3) is 0.174. The Balaban J connectivity index is 1.73. The summed E-state index contributed by atoms with van der Waals surface area (Å²) in [7, 11) is 0. The molecular weight excluding hydrogens is 432 g/mol. The van der Waals surface area contributed by atoms with Crippen LogP contribution < -0.4 is 19.6 Å². The minimum absolute atomic E-state index is 0.0316. The molecule has 2 aromatic carbocycles. The van der Waals surface area contributed by atoms with Crippen LogP contribution in [0.25, 0.3) is 6.08 Å². The van der Waals surface area contributed by atoms with E-state index in [9.17, 15) is 24.9 Å². The van der Waals surface area contributed by atoms with E-state index in [-0.39, 0.29) is 22.6 Å². The lowest BCUT2D eigenvalue weighted by atomic mass is 9.94. The van der Waals surface area contributed by atoms with Gasteiger partial charge in [0.1, 0.15) is 5.75 Å². The van der Waals surface area contributed by atoms with Gasteiger partial charge in [-0.25, -0.2) is 9.79 Å². The maximum atomic E-state index is 13.4. The zero-order chi connectivity index (χ0) is 22.6. The third-order valence-corrected chi connectivity index (χ3v) is 6.57. The van der Waals surface area contributed by atoms with E-state index in [0.29, 0.717) is 38.5 Å². The van der Waals surface area contributed by atoms with Crippen LogP contribution in [0.5, 0.6) is 17.2 Å². The number of aliphatic carboxylic acids is 1. The number of allylic oxidation sites excluding steroid dienone is 1. The number of aromatic hydroxyl groups is 2. The first kappa shape index (κ1) is 20.1. The summed E-state index contributed by atoms with van der Waals surface area (Å²) in [5, 5.41) is 29.2. The second-order valence-electron chi connectivity index (χ2n) is 7.60. The second kappa shape index (κ2) is 7.38. The van der Waals surface area contributed by atoms with E-state index in [1.54, 1.807) is 25.1 Å². The number of fused-ring (bicyclic) bond motifs is 2. The zero-order valence-electron chi connectivity index (χ0n) is 16.9. The van der Waals surface area contributed by atoms with Crippen LogP contribution in [0.3, 0.4) is 0 Å². The Kier molecular flexibility index (Phi) is 4.63. The van der Waals surface area contributed by atoms with Crippen LogP contribution in [0.1, 0.15) is 29.7 Å². The summed E-state index contributed by atoms with van der Waals surface area (Å²) < 4.78 is 7.38. The van der Waals surface area contributed by atoms with Gasteiger partial charge >= 0.3 is 5.97 Å². The van der Waals surface area contributed by atoms with E-state index < -0.39 is 12.0 Å². The maximum Gasteiger partial charge on any atom is 0.335 e. The number of nitrogens with zero attached hydrogens (tertiary/aromatic N) is 2. The number of phenolic OH excluding ortho intramolecular Hbond substituents is 2. The van der Waals surface area contributed by atoms with Crippen LogP contribution in [0.4, 0.5) is 0 Å². The van der Waals surface area contributed by atoms with Crippen molar-refractivity contribution in [3.63, 3.8) is 0 Å². The van der Waals surface area contributed by atoms with E-state index in [1.807, 2.05) is 12.1 Å². The van der Waals surface area contributed by atoms with Gasteiger partial charge in [0, 0.05) is 6.42 Å². The topological polar surface area (TPSA) is 121 Å². The first-order valence-corrected chi connectivity index (χ1v) is 10.7. The average molecular weight is 450 g/mol. The van der Waals surface area contributed by atoms with E-state index in [0.717, 1.165) is 23.3 Å². The Labute approximate surface area is 185 Å². The van der Waals surface area contributed by atoms with Crippen molar-refractivity contribution >= 4 is 23.4 Å². The fourth-order valence-corrected chi connectivity index (χ4v) is 5.09. The highest BCUT2D eigenvalue weighted by atomic mass is 32.1. The summed E-state index contributed by atoms with van der Waals surface area (Å²) in [6.45, 7) is 2.19. The van der Waals surface area contributed by atoms with Crippen molar-refractivity contribution in [2.24, 2.45) is 4.99 Å². The van der Waals surface area contributed by atoms with E-state index in [2.05, 4.69) is 4.99 Å². The number of benzene rings is 2. The molecule has 8 nitrogen and oxygen atoms in total. The van der Waals surface area contributed by atoms with Gasteiger partial charge < -0.3 is 20.1 Å². The first-order chi connectivity index (χ1) is 15.3. The number of hydrogen-bond donors (Lipinski definition) is 3. The van der Waals surface area contributed by atoms with Gasteiger partial charge in [-0.2, -0.15) is 0 Å². The van der Waals surface area contributed by atoms with Gasteiger partial charge in [0.2, 0.25) is 0 Å². The molecule has 1 unspecified atom stereocenters. The molecule has 1 atom stereocenters. The molecule has 32 heavy (non-hydrogen) atoms. The lowest BCUT2D eigenvalue weighted by Gasteiger charge is -2.23. The Bertz CT molecular complexity index is 1500. The van der Waals surface area contributed by atoms with Crippen LogP contribution in [-0.2, 0) is 11.2 Å². The molecule has 9 heteroatoms. The molecule has 0 aliphatic carbocycles. The number of carbonyl (C=O) groups is 1. The summed E-state index contributed by atoms with van der Waals surface area (Å²) in [5.41, 5.74) is 2.17. The highest BCUT2D eigenvalue weighted by Gasteiger charge is 2.33. The molecule has 3 aromatic rings. The van der Waals surface area contributed by atoms with E-state index >= 15 is 0 Å². The molecule has 162 valence electrons. The second-order valence-corrected chi connectivity index (χ2v) is 8.61. The average Bonchev–Trinajstić information content (AvgIpc) is 3.33. The first-order valence-electron chi connectivity index (χ1n) is 9.87. The molecule has 0 radical (unpaired) electrons. The van der Waals surface area contributed by atoms with E-state index in [1.165, 1.54) is 16.7 Å². The molecule has 3 N–H and O–H groups in total. The van der Waals surface area contributed by atoms with Crippen molar-refractivity contribution in [2.45, 2.75) is 19.4 Å². The van der Waals surface area contributed by atoms with Crippen molar-refractivity contribution < 1.29 is 24.9 Å². The molecule has 3 heterocycles. The van der Waals surface area contributed by atoms with Crippen molar-refractivity contribution in [3.05, 3.63) is 84.0 Å². The van der Waals surface area contributed by atoms with Gasteiger partial charge in [0.05, 0.1) is 28.5 Å².